The number of aliphatic imine (C=N–C) groups is 1. The maximum Gasteiger partial charge on any atom is 0.317 e. The Bertz CT molecular complexity index is 1000. The van der Waals surface area contributed by atoms with Gasteiger partial charge in [0.25, 0.3) is 0 Å². The van der Waals surface area contributed by atoms with Gasteiger partial charge in [-0.1, -0.05) is 6.07 Å². The number of anilines is 1. The Morgan fingerprint density at radius 3 is 2.89 bits per heavy atom. The number of nitrogens with one attached hydrogen (secondary N) is 2. The van der Waals surface area contributed by atoms with Crippen LogP contribution >= 0.6 is 11.3 Å². The quantitative estimate of drug-likeness (QED) is 0.685. The first-order valence-electron chi connectivity index (χ1n) is 9.07. The first-order chi connectivity index (χ1) is 13.7. The van der Waals surface area contributed by atoms with Gasteiger partial charge in [0, 0.05) is 41.6 Å². The zero-order valence-corrected chi connectivity index (χ0v) is 16.6. The molecular weight excluding hydrogens is 374 g/mol. The van der Waals surface area contributed by atoms with E-state index in [2.05, 4.69) is 35.6 Å². The van der Waals surface area contributed by atoms with Crippen molar-refractivity contribution in [3.63, 3.8) is 0 Å². The fraction of sp³-hybridized carbons (Fsp3) is 0.316. The van der Waals surface area contributed by atoms with Crippen molar-refractivity contribution in [1.82, 2.24) is 25.3 Å². The third kappa shape index (κ3) is 4.42. The van der Waals surface area contributed by atoms with Crippen molar-refractivity contribution in [1.29, 1.82) is 0 Å². The second kappa shape index (κ2) is 8.30. The highest BCUT2D eigenvalue weighted by Crippen LogP contribution is 2.24. The third-order valence-corrected chi connectivity index (χ3v) is 4.97. The number of nitrogens with zero attached hydrogens (tertiary/aromatic N) is 5. The van der Waals surface area contributed by atoms with Crippen molar-refractivity contribution in [2.45, 2.75) is 26.9 Å². The van der Waals surface area contributed by atoms with Gasteiger partial charge in [-0.3, -0.25) is 9.98 Å². The van der Waals surface area contributed by atoms with E-state index in [4.69, 9.17) is 4.74 Å². The highest BCUT2D eigenvalue weighted by molar-refractivity contribution is 7.14. The molecule has 3 aromatic rings. The van der Waals surface area contributed by atoms with E-state index in [-0.39, 0.29) is 0 Å². The summed E-state index contributed by atoms with van der Waals surface area (Å²) in [5, 5.41) is 9.15. The van der Waals surface area contributed by atoms with E-state index in [1.165, 1.54) is 11.3 Å². The third-order valence-electron chi connectivity index (χ3n) is 4.21. The molecule has 9 heteroatoms. The molecule has 1 aliphatic heterocycles. The van der Waals surface area contributed by atoms with Gasteiger partial charge in [0.05, 0.1) is 5.69 Å². The molecule has 4 rings (SSSR count). The number of thiazole rings is 1. The van der Waals surface area contributed by atoms with Gasteiger partial charge in [-0.25, -0.2) is 9.97 Å². The minimum atomic E-state index is 0.318. The maximum absolute atomic E-state index is 5.77. The van der Waals surface area contributed by atoms with Crippen molar-refractivity contribution in [2.75, 3.05) is 18.4 Å². The summed E-state index contributed by atoms with van der Waals surface area (Å²) in [5.41, 5.74) is 4.43. The van der Waals surface area contributed by atoms with Crippen LogP contribution in [0.15, 0.2) is 34.8 Å². The van der Waals surface area contributed by atoms with Gasteiger partial charge in [-0.05, 0) is 32.4 Å². The predicted octanol–water partition coefficient (Wildman–Crippen LogP) is 2.95. The van der Waals surface area contributed by atoms with Crippen LogP contribution in [0.1, 0.15) is 23.4 Å². The van der Waals surface area contributed by atoms with Gasteiger partial charge in [-0.15, -0.1) is 11.3 Å². The number of hydrogen-bond donors (Lipinski definition) is 2. The molecule has 0 unspecified atom stereocenters. The van der Waals surface area contributed by atoms with Crippen LogP contribution in [0.4, 0.5) is 5.13 Å². The van der Waals surface area contributed by atoms with Gasteiger partial charge in [0.1, 0.15) is 12.3 Å². The molecule has 0 aliphatic carbocycles. The van der Waals surface area contributed by atoms with E-state index in [0.717, 1.165) is 53.2 Å². The molecule has 0 spiro atoms. The molecule has 0 fully saturated rings. The second-order valence-electron chi connectivity index (χ2n) is 6.38. The van der Waals surface area contributed by atoms with E-state index in [9.17, 15) is 0 Å². The summed E-state index contributed by atoms with van der Waals surface area (Å²) < 4.78 is 5.77. The standard InChI is InChI=1S/C19H21N7OS/c1-12-4-5-14(13(2)23-12)10-27-18-22-9-6-15(24-18)16-11-28-19(25-16)26-17-20-7-3-8-21-17/h4-6,9,11H,3,7-8,10H2,1-2H3,(H2,20,21,25,26). The summed E-state index contributed by atoms with van der Waals surface area (Å²) in [7, 11) is 0. The zero-order valence-electron chi connectivity index (χ0n) is 15.8. The molecule has 4 heterocycles. The van der Waals surface area contributed by atoms with Crippen LogP contribution in [0.2, 0.25) is 0 Å². The van der Waals surface area contributed by atoms with E-state index in [1.54, 1.807) is 6.20 Å². The Hall–Kier alpha value is -3.07. The van der Waals surface area contributed by atoms with Crippen LogP contribution in [0, 0.1) is 13.8 Å². The van der Waals surface area contributed by atoms with Crippen molar-refractivity contribution in [3.8, 4) is 17.4 Å². The summed E-state index contributed by atoms with van der Waals surface area (Å²) in [4.78, 5) is 22.1. The van der Waals surface area contributed by atoms with Gasteiger partial charge in [0.15, 0.2) is 11.1 Å². The average molecular weight is 395 g/mol. The molecule has 0 bridgehead atoms. The van der Waals surface area contributed by atoms with Crippen LogP contribution in [-0.2, 0) is 6.61 Å². The molecular formula is C19H21N7OS. The maximum atomic E-state index is 5.77. The van der Waals surface area contributed by atoms with Crippen LogP contribution in [0.5, 0.6) is 6.01 Å². The van der Waals surface area contributed by atoms with Gasteiger partial charge >= 0.3 is 6.01 Å². The minimum Gasteiger partial charge on any atom is -0.459 e. The van der Waals surface area contributed by atoms with E-state index in [1.807, 2.05) is 37.4 Å². The fourth-order valence-electron chi connectivity index (χ4n) is 2.73. The number of aryl methyl sites for hydroxylation is 2. The molecule has 1 aliphatic rings. The Morgan fingerprint density at radius 2 is 2.07 bits per heavy atom. The highest BCUT2D eigenvalue weighted by atomic mass is 32.1. The van der Waals surface area contributed by atoms with Crippen LogP contribution in [0.25, 0.3) is 11.4 Å². The fourth-order valence-corrected chi connectivity index (χ4v) is 3.43. The van der Waals surface area contributed by atoms with Crippen LogP contribution in [0.3, 0.4) is 0 Å². The molecule has 2 N–H and O–H groups in total. The lowest BCUT2D eigenvalue weighted by Crippen LogP contribution is -2.35. The Balaban J connectivity index is 1.44. The smallest absolute Gasteiger partial charge is 0.317 e. The van der Waals surface area contributed by atoms with Crippen molar-refractivity contribution < 1.29 is 4.74 Å². The summed E-state index contributed by atoms with van der Waals surface area (Å²) in [6.45, 7) is 6.07. The first kappa shape index (κ1) is 18.3. The number of rotatable bonds is 5. The predicted molar refractivity (Wildman–Crippen MR) is 110 cm³/mol. The molecule has 0 aromatic carbocycles. The molecule has 3 aromatic heterocycles. The Labute approximate surface area is 167 Å². The molecule has 0 atom stereocenters. The van der Waals surface area contributed by atoms with Crippen LogP contribution in [-0.4, -0.2) is 39.0 Å². The van der Waals surface area contributed by atoms with E-state index < -0.39 is 0 Å². The average Bonchev–Trinajstić information content (AvgIpc) is 3.17. The number of pyridine rings is 1. The lowest BCUT2D eigenvalue weighted by Gasteiger charge is -2.14. The molecule has 0 amide bonds. The second-order valence-corrected chi connectivity index (χ2v) is 7.24. The molecule has 0 saturated heterocycles. The lowest BCUT2D eigenvalue weighted by atomic mass is 10.2. The lowest BCUT2D eigenvalue weighted by molar-refractivity contribution is 0.280. The molecule has 0 radical (unpaired) electrons. The minimum absolute atomic E-state index is 0.318. The molecule has 144 valence electrons. The highest BCUT2D eigenvalue weighted by Gasteiger charge is 2.11. The largest absolute Gasteiger partial charge is 0.459 e. The Morgan fingerprint density at radius 1 is 1.14 bits per heavy atom. The first-order valence-corrected chi connectivity index (χ1v) is 9.95. The number of aromatic nitrogens is 4. The molecule has 8 nitrogen and oxygen atoms in total. The normalized spacial score (nSPS) is 13.6. The number of ether oxygens (including phenoxy) is 1. The summed E-state index contributed by atoms with van der Waals surface area (Å²) >= 11 is 1.50. The zero-order chi connectivity index (χ0) is 19.3. The van der Waals surface area contributed by atoms with Gasteiger partial charge < -0.3 is 15.4 Å². The number of guanidine groups is 1. The van der Waals surface area contributed by atoms with Gasteiger partial charge in [0.2, 0.25) is 0 Å². The molecule has 0 saturated carbocycles. The van der Waals surface area contributed by atoms with Crippen molar-refractivity contribution >= 4 is 22.4 Å². The number of hydrogen-bond acceptors (Lipinski definition) is 9. The molecule has 28 heavy (non-hydrogen) atoms. The van der Waals surface area contributed by atoms with Crippen LogP contribution < -0.4 is 15.4 Å². The summed E-state index contributed by atoms with van der Waals surface area (Å²) in [6, 6.07) is 6.12. The SMILES string of the molecule is Cc1ccc(COc2nccc(-c3csc(NC4=NCCCN4)n3)n2)c(C)n1. The monoisotopic (exact) mass is 395 g/mol. The van der Waals surface area contributed by atoms with E-state index >= 15 is 0 Å². The summed E-state index contributed by atoms with van der Waals surface area (Å²) in [6.07, 6.45) is 2.73. The van der Waals surface area contributed by atoms with E-state index in [0.29, 0.717) is 18.3 Å². The van der Waals surface area contributed by atoms with Crippen molar-refractivity contribution in [2.24, 2.45) is 4.99 Å². The topological polar surface area (TPSA) is 97.2 Å². The summed E-state index contributed by atoms with van der Waals surface area (Å²) in [5.74, 6) is 0.765. The Kier molecular flexibility index (Phi) is 5.43. The van der Waals surface area contributed by atoms with Gasteiger partial charge in [-0.2, -0.15) is 4.98 Å². The van der Waals surface area contributed by atoms with Crippen molar-refractivity contribution in [3.05, 3.63) is 46.7 Å².